The highest BCUT2D eigenvalue weighted by Gasteiger charge is 2.36. The SMILES string of the molecule is CCN(CC)S(=O)(=O)NC(=O)c1cnc2ccc(N3CC(F)CC3c3cc(F)ccc3OC3CCOCC3)cn12. The number of hydrogen-bond acceptors (Lipinski definition) is 7. The van der Waals surface area contributed by atoms with Gasteiger partial charge in [-0.1, -0.05) is 13.8 Å². The Morgan fingerprint density at radius 3 is 2.67 bits per heavy atom. The summed E-state index contributed by atoms with van der Waals surface area (Å²) in [5, 5.41) is 0. The summed E-state index contributed by atoms with van der Waals surface area (Å²) in [5.74, 6) is -0.784. The number of benzene rings is 1. The van der Waals surface area contributed by atoms with Gasteiger partial charge in [0.15, 0.2) is 0 Å². The number of hydrogen-bond donors (Lipinski definition) is 1. The van der Waals surface area contributed by atoms with Crippen molar-refractivity contribution < 1.29 is 31.5 Å². The number of nitrogens with one attached hydrogen (secondary N) is 1. The highest BCUT2D eigenvalue weighted by atomic mass is 32.2. The number of rotatable bonds is 9. The molecular formula is C27H33F2N5O5S. The van der Waals surface area contributed by atoms with Crippen LogP contribution in [0.2, 0.25) is 0 Å². The third kappa shape index (κ3) is 5.77. The van der Waals surface area contributed by atoms with Crippen molar-refractivity contribution >= 4 is 27.5 Å². The molecule has 0 radical (unpaired) electrons. The van der Waals surface area contributed by atoms with Gasteiger partial charge >= 0.3 is 10.2 Å². The first-order chi connectivity index (χ1) is 19.2. The van der Waals surface area contributed by atoms with E-state index in [0.717, 1.165) is 4.31 Å². The predicted molar refractivity (Wildman–Crippen MR) is 145 cm³/mol. The molecule has 0 spiro atoms. The van der Waals surface area contributed by atoms with Crippen molar-refractivity contribution in [3.8, 4) is 5.75 Å². The lowest BCUT2D eigenvalue weighted by molar-refractivity contribution is 0.0250. The number of imidazole rings is 1. The van der Waals surface area contributed by atoms with Gasteiger partial charge < -0.3 is 14.4 Å². The number of ether oxygens (including phenoxy) is 2. The smallest absolute Gasteiger partial charge is 0.304 e. The molecule has 13 heteroatoms. The number of fused-ring (bicyclic) bond motifs is 1. The molecule has 5 rings (SSSR count). The Labute approximate surface area is 232 Å². The van der Waals surface area contributed by atoms with Crippen molar-refractivity contribution in [3.05, 3.63) is 59.8 Å². The average Bonchev–Trinajstić information content (AvgIpc) is 3.53. The first-order valence-corrected chi connectivity index (χ1v) is 14.9. The van der Waals surface area contributed by atoms with E-state index in [1.807, 2.05) is 4.90 Å². The predicted octanol–water partition coefficient (Wildman–Crippen LogP) is 3.64. The first kappa shape index (κ1) is 28.2. The summed E-state index contributed by atoms with van der Waals surface area (Å²) >= 11 is 0. The molecule has 40 heavy (non-hydrogen) atoms. The second-order valence-electron chi connectivity index (χ2n) is 9.89. The van der Waals surface area contributed by atoms with Crippen LogP contribution in [0.4, 0.5) is 14.5 Å². The van der Waals surface area contributed by atoms with Crippen molar-refractivity contribution in [1.29, 1.82) is 0 Å². The summed E-state index contributed by atoms with van der Waals surface area (Å²) < 4.78 is 71.0. The van der Waals surface area contributed by atoms with Crippen molar-refractivity contribution in [2.24, 2.45) is 0 Å². The molecule has 2 aromatic heterocycles. The molecule has 2 saturated heterocycles. The van der Waals surface area contributed by atoms with Crippen LogP contribution in [0.5, 0.6) is 5.75 Å². The Kier molecular flexibility index (Phi) is 8.24. The van der Waals surface area contributed by atoms with Gasteiger partial charge in [0.2, 0.25) is 0 Å². The fourth-order valence-corrected chi connectivity index (χ4v) is 6.48. The molecule has 0 aliphatic carbocycles. The molecule has 2 aliphatic rings. The van der Waals surface area contributed by atoms with Crippen LogP contribution < -0.4 is 14.4 Å². The van der Waals surface area contributed by atoms with E-state index in [1.165, 1.54) is 22.7 Å². The number of anilines is 1. The van der Waals surface area contributed by atoms with Crippen LogP contribution in [-0.4, -0.2) is 73.1 Å². The third-order valence-corrected chi connectivity index (χ3v) is 9.00. The van der Waals surface area contributed by atoms with Crippen LogP contribution in [0.25, 0.3) is 5.65 Å². The van der Waals surface area contributed by atoms with E-state index in [0.29, 0.717) is 48.7 Å². The molecule has 2 fully saturated rings. The number of halogens is 2. The zero-order chi connectivity index (χ0) is 28.4. The summed E-state index contributed by atoms with van der Waals surface area (Å²) in [4.78, 5) is 19.0. The normalized spacial score (nSPS) is 20.4. The van der Waals surface area contributed by atoms with Crippen LogP contribution in [-0.2, 0) is 14.9 Å². The van der Waals surface area contributed by atoms with E-state index in [-0.39, 0.29) is 37.9 Å². The lowest BCUT2D eigenvalue weighted by atomic mass is 10.0. The highest BCUT2D eigenvalue weighted by molar-refractivity contribution is 7.87. The van der Waals surface area contributed by atoms with Crippen molar-refractivity contribution in [2.45, 2.75) is 51.4 Å². The maximum absolute atomic E-state index is 14.9. The largest absolute Gasteiger partial charge is 0.490 e. The molecule has 10 nitrogen and oxygen atoms in total. The van der Waals surface area contributed by atoms with E-state index in [9.17, 15) is 22.0 Å². The molecule has 0 saturated carbocycles. The van der Waals surface area contributed by atoms with Gasteiger partial charge in [0.1, 0.15) is 35.2 Å². The van der Waals surface area contributed by atoms with Crippen LogP contribution in [0, 0.1) is 5.82 Å². The van der Waals surface area contributed by atoms with Gasteiger partial charge in [-0.2, -0.15) is 12.7 Å². The minimum Gasteiger partial charge on any atom is -0.490 e. The number of amides is 1. The first-order valence-electron chi connectivity index (χ1n) is 13.4. The van der Waals surface area contributed by atoms with Crippen molar-refractivity contribution in [2.75, 3.05) is 37.7 Å². The summed E-state index contributed by atoms with van der Waals surface area (Å²) in [5.41, 5.74) is 1.53. The van der Waals surface area contributed by atoms with Gasteiger partial charge in [0.25, 0.3) is 5.91 Å². The summed E-state index contributed by atoms with van der Waals surface area (Å²) in [6.07, 6.45) is 3.20. The van der Waals surface area contributed by atoms with E-state index < -0.39 is 34.1 Å². The Hall–Kier alpha value is -3.29. The van der Waals surface area contributed by atoms with Gasteiger partial charge in [-0.3, -0.25) is 9.20 Å². The fraction of sp³-hybridized carbons (Fsp3) is 0.481. The second kappa shape index (κ2) is 11.7. The maximum Gasteiger partial charge on any atom is 0.304 e. The molecule has 1 N–H and O–H groups in total. The molecule has 0 bridgehead atoms. The molecule has 2 aliphatic heterocycles. The molecule has 216 valence electrons. The number of nitrogens with zero attached hydrogens (tertiary/aromatic N) is 4. The number of pyridine rings is 1. The van der Waals surface area contributed by atoms with E-state index in [1.54, 1.807) is 38.2 Å². The average molecular weight is 578 g/mol. The van der Waals surface area contributed by atoms with Gasteiger partial charge in [-0.25, -0.2) is 18.5 Å². The van der Waals surface area contributed by atoms with Crippen LogP contribution >= 0.6 is 0 Å². The monoisotopic (exact) mass is 577 g/mol. The lowest BCUT2D eigenvalue weighted by Crippen LogP contribution is -2.43. The van der Waals surface area contributed by atoms with Crippen molar-refractivity contribution in [3.63, 3.8) is 0 Å². The van der Waals surface area contributed by atoms with Gasteiger partial charge in [-0.05, 0) is 30.3 Å². The van der Waals surface area contributed by atoms with E-state index in [2.05, 4.69) is 9.71 Å². The van der Waals surface area contributed by atoms with E-state index in [4.69, 9.17) is 9.47 Å². The minimum absolute atomic E-state index is 0.00872. The minimum atomic E-state index is -4.04. The Morgan fingerprint density at radius 1 is 1.20 bits per heavy atom. The van der Waals surface area contributed by atoms with Gasteiger partial charge in [0.05, 0.1) is 31.1 Å². The van der Waals surface area contributed by atoms with Gasteiger partial charge in [0, 0.05) is 50.7 Å². The number of carbonyl (C=O) groups excluding carboxylic acids is 1. The molecule has 2 unspecified atom stereocenters. The van der Waals surface area contributed by atoms with Crippen molar-refractivity contribution in [1.82, 2.24) is 18.4 Å². The number of carbonyl (C=O) groups is 1. The Balaban J connectivity index is 1.46. The number of alkyl halides is 1. The second-order valence-corrected chi connectivity index (χ2v) is 11.6. The molecule has 1 aromatic carbocycles. The lowest BCUT2D eigenvalue weighted by Gasteiger charge is -2.30. The molecular weight excluding hydrogens is 544 g/mol. The third-order valence-electron chi connectivity index (χ3n) is 7.36. The maximum atomic E-state index is 14.9. The molecule has 2 atom stereocenters. The molecule has 4 heterocycles. The summed E-state index contributed by atoms with van der Waals surface area (Å²) in [6, 6.07) is 7.19. The summed E-state index contributed by atoms with van der Waals surface area (Å²) in [6.45, 7) is 4.99. The highest BCUT2D eigenvalue weighted by Crippen LogP contribution is 2.42. The van der Waals surface area contributed by atoms with E-state index >= 15 is 0 Å². The summed E-state index contributed by atoms with van der Waals surface area (Å²) in [7, 11) is -4.04. The zero-order valence-corrected chi connectivity index (χ0v) is 23.2. The Morgan fingerprint density at radius 2 is 1.95 bits per heavy atom. The quantitative estimate of drug-likeness (QED) is 0.414. The Bertz CT molecular complexity index is 1470. The van der Waals surface area contributed by atoms with Gasteiger partial charge in [-0.15, -0.1) is 0 Å². The molecule has 3 aromatic rings. The number of aromatic nitrogens is 2. The zero-order valence-electron chi connectivity index (χ0n) is 22.4. The van der Waals surface area contributed by atoms with Crippen LogP contribution in [0.3, 0.4) is 0 Å². The van der Waals surface area contributed by atoms with Crippen LogP contribution in [0.15, 0.2) is 42.7 Å². The topological polar surface area (TPSA) is 105 Å². The molecule has 1 amide bonds. The van der Waals surface area contributed by atoms with Crippen LogP contribution in [0.1, 0.15) is 55.2 Å². The fourth-order valence-electron chi connectivity index (χ4n) is 5.33. The standard InChI is InChI=1S/C27H33F2N5O5S/c1-3-32(4-2)40(36,37)31-27(35)24-15-30-26-8-6-20(17-34(24)26)33-16-19(29)14-23(33)22-13-18(28)5-7-25(22)39-21-9-11-38-12-10-21/h5-8,13,15,17,19,21,23H,3-4,9-12,14,16H2,1-2H3,(H,31,35).